The van der Waals surface area contributed by atoms with Gasteiger partial charge in [-0.1, -0.05) is 0 Å². The van der Waals surface area contributed by atoms with E-state index in [1.165, 1.54) is 0 Å². The van der Waals surface area contributed by atoms with E-state index in [4.69, 9.17) is 9.84 Å². The van der Waals surface area contributed by atoms with Gasteiger partial charge in [-0.25, -0.2) is 0 Å². The van der Waals surface area contributed by atoms with Gasteiger partial charge in [-0.3, -0.25) is 0 Å². The molecule has 1 rings (SSSR count). The number of hydrogen-bond donors (Lipinski definition) is 2. The van der Waals surface area contributed by atoms with Crippen molar-refractivity contribution in [2.75, 3.05) is 0 Å². The summed E-state index contributed by atoms with van der Waals surface area (Å²) in [6, 6.07) is 8.37. The van der Waals surface area contributed by atoms with Crippen molar-refractivity contribution in [3.8, 4) is 0 Å². The van der Waals surface area contributed by atoms with Gasteiger partial charge in [0.1, 0.15) is 0 Å². The summed E-state index contributed by atoms with van der Waals surface area (Å²) in [4.78, 5) is 22.5. The molecule has 0 radical (unpaired) electrons. The molecule has 1 aromatic carbocycles. The third-order valence-corrected chi connectivity index (χ3v) is 3.76. The van der Waals surface area contributed by atoms with Crippen LogP contribution in [0.2, 0.25) is 11.1 Å². The first kappa shape index (κ1) is 15.5. The van der Waals surface area contributed by atoms with Crippen LogP contribution in [-0.2, 0) is 16.1 Å². The summed E-state index contributed by atoms with van der Waals surface area (Å²) in [5, 5.41) is 12.1. The fraction of sp³-hybridized carbons (Fsp3) is 0.385. The van der Waals surface area contributed by atoms with Crippen LogP contribution in [0.3, 0.4) is 0 Å². The number of benzene rings is 1. The molecule has 0 saturated carbocycles. The quantitative estimate of drug-likeness (QED) is 0.749. The van der Waals surface area contributed by atoms with Gasteiger partial charge in [0.25, 0.3) is 0 Å². The SMILES string of the molecule is C[Se]CC[C@@H](NC(=O)OCc1ccccc1)C(=O)O. The van der Waals surface area contributed by atoms with Gasteiger partial charge in [0, 0.05) is 0 Å². The number of alkyl carbamates (subject to hydrolysis) is 1. The summed E-state index contributed by atoms with van der Waals surface area (Å²) in [6.07, 6.45) is -0.258. The second-order valence-corrected chi connectivity index (χ2v) is 5.95. The molecule has 0 spiro atoms. The molecule has 19 heavy (non-hydrogen) atoms. The number of rotatable bonds is 7. The first-order chi connectivity index (χ1) is 9.13. The summed E-state index contributed by atoms with van der Waals surface area (Å²) < 4.78 is 4.98. The number of amides is 1. The average molecular weight is 330 g/mol. The van der Waals surface area contributed by atoms with Gasteiger partial charge in [0.2, 0.25) is 0 Å². The fourth-order valence-electron chi connectivity index (χ4n) is 1.40. The normalized spacial score (nSPS) is 11.6. The zero-order valence-corrected chi connectivity index (χ0v) is 12.4. The Morgan fingerprint density at radius 1 is 1.37 bits per heavy atom. The molecule has 5 nitrogen and oxygen atoms in total. The number of aliphatic carboxylic acids is 1. The van der Waals surface area contributed by atoms with E-state index in [1.54, 1.807) is 0 Å². The molecule has 104 valence electrons. The molecule has 2 N–H and O–H groups in total. The second kappa shape index (κ2) is 8.56. The van der Waals surface area contributed by atoms with E-state index in [9.17, 15) is 9.59 Å². The molecule has 0 heterocycles. The van der Waals surface area contributed by atoms with Gasteiger partial charge in [0.05, 0.1) is 0 Å². The first-order valence-corrected chi connectivity index (χ1v) is 8.75. The fourth-order valence-corrected chi connectivity index (χ4v) is 2.39. The van der Waals surface area contributed by atoms with Gasteiger partial charge in [-0.05, 0) is 0 Å². The van der Waals surface area contributed by atoms with Gasteiger partial charge in [0.15, 0.2) is 0 Å². The van der Waals surface area contributed by atoms with Gasteiger partial charge in [-0.15, -0.1) is 0 Å². The summed E-state index contributed by atoms with van der Waals surface area (Å²) >= 11 is 0.392. The third-order valence-electron chi connectivity index (χ3n) is 2.41. The van der Waals surface area contributed by atoms with Crippen LogP contribution >= 0.6 is 0 Å². The Bertz CT molecular complexity index is 410. The first-order valence-electron chi connectivity index (χ1n) is 5.82. The Kier molecular flexibility index (Phi) is 7.00. The molecular formula is C13H17NO4Se. The van der Waals surface area contributed by atoms with Crippen LogP contribution in [0.25, 0.3) is 0 Å². The van der Waals surface area contributed by atoms with Crippen molar-refractivity contribution in [3.63, 3.8) is 0 Å². The summed E-state index contributed by atoms with van der Waals surface area (Å²) in [5.41, 5.74) is 0.862. The predicted octanol–water partition coefficient (Wildman–Crippen LogP) is 1.93. The maximum absolute atomic E-state index is 11.5. The van der Waals surface area contributed by atoms with Crippen LogP contribution in [0.4, 0.5) is 4.79 Å². The Morgan fingerprint density at radius 2 is 2.05 bits per heavy atom. The Balaban J connectivity index is 2.38. The number of nitrogens with one attached hydrogen (secondary N) is 1. The van der Waals surface area contributed by atoms with Crippen molar-refractivity contribution in [3.05, 3.63) is 35.9 Å². The molecule has 0 aliphatic heterocycles. The van der Waals surface area contributed by atoms with Crippen LogP contribution in [0.5, 0.6) is 0 Å². The third kappa shape index (κ3) is 6.27. The number of ether oxygens (including phenoxy) is 1. The molecule has 1 aromatic rings. The standard InChI is InChI=1S/C13H17NO4Se/c1-19-8-7-11(12(15)16)14-13(17)18-9-10-5-3-2-4-6-10/h2-6,11H,7-9H2,1H3,(H,14,17)(H,15,16)/t11-/m1/s1. The van der Waals surface area contributed by atoms with E-state index in [1.807, 2.05) is 36.2 Å². The van der Waals surface area contributed by atoms with E-state index in [-0.39, 0.29) is 6.61 Å². The zero-order valence-electron chi connectivity index (χ0n) is 10.7. The molecule has 1 amide bonds. The van der Waals surface area contributed by atoms with Gasteiger partial charge >= 0.3 is 118 Å². The minimum atomic E-state index is -1.03. The van der Waals surface area contributed by atoms with Crippen molar-refractivity contribution in [2.24, 2.45) is 0 Å². The average Bonchev–Trinajstić information content (AvgIpc) is 2.42. The van der Waals surface area contributed by atoms with Crippen LogP contribution in [0, 0.1) is 0 Å². The molecule has 0 fully saturated rings. The predicted molar refractivity (Wildman–Crippen MR) is 72.2 cm³/mol. The number of carbonyl (C=O) groups is 2. The number of carboxylic acids is 1. The zero-order chi connectivity index (χ0) is 14.1. The van der Waals surface area contributed by atoms with E-state index in [0.29, 0.717) is 21.4 Å². The molecule has 0 saturated heterocycles. The van der Waals surface area contributed by atoms with E-state index in [0.717, 1.165) is 10.9 Å². The molecule has 0 unspecified atom stereocenters. The summed E-state index contributed by atoms with van der Waals surface area (Å²) in [5.74, 6) is 1.00. The van der Waals surface area contributed by atoms with Gasteiger partial charge in [-0.2, -0.15) is 0 Å². The molecule has 1 atom stereocenters. The molecule has 6 heteroatoms. The maximum atomic E-state index is 11.5. The Hall–Kier alpha value is -1.52. The van der Waals surface area contributed by atoms with Crippen molar-refractivity contribution >= 4 is 27.0 Å². The topological polar surface area (TPSA) is 75.6 Å². The molecule has 0 bridgehead atoms. The number of carboxylic acid groups (broad SMARTS) is 1. The van der Waals surface area contributed by atoms with Crippen LogP contribution in [0.15, 0.2) is 30.3 Å². The summed E-state index contributed by atoms with van der Waals surface area (Å²) in [6.45, 7) is 0.136. The molecule has 0 aliphatic carbocycles. The molecule has 0 aliphatic rings. The number of hydrogen-bond acceptors (Lipinski definition) is 3. The van der Waals surface area contributed by atoms with Crippen LogP contribution < -0.4 is 5.32 Å². The minimum absolute atomic E-state index is 0.136. The monoisotopic (exact) mass is 331 g/mol. The van der Waals surface area contributed by atoms with E-state index < -0.39 is 18.1 Å². The van der Waals surface area contributed by atoms with E-state index in [2.05, 4.69) is 5.32 Å². The van der Waals surface area contributed by atoms with Crippen molar-refractivity contribution < 1.29 is 19.4 Å². The number of carbonyl (C=O) groups excluding carboxylic acids is 1. The van der Waals surface area contributed by atoms with Crippen molar-refractivity contribution in [1.29, 1.82) is 0 Å². The Morgan fingerprint density at radius 3 is 2.63 bits per heavy atom. The van der Waals surface area contributed by atoms with Crippen molar-refractivity contribution in [2.45, 2.75) is 30.2 Å². The van der Waals surface area contributed by atoms with Crippen LogP contribution in [-0.4, -0.2) is 38.2 Å². The van der Waals surface area contributed by atoms with Gasteiger partial charge < -0.3 is 0 Å². The van der Waals surface area contributed by atoms with Crippen molar-refractivity contribution in [1.82, 2.24) is 5.32 Å². The molecule has 0 aromatic heterocycles. The van der Waals surface area contributed by atoms with E-state index >= 15 is 0 Å². The Labute approximate surface area is 118 Å². The van der Waals surface area contributed by atoms with Crippen LogP contribution in [0.1, 0.15) is 12.0 Å². The molecular weight excluding hydrogens is 313 g/mol. The second-order valence-electron chi connectivity index (χ2n) is 3.88. The summed E-state index contributed by atoms with van der Waals surface area (Å²) in [7, 11) is 0.